The van der Waals surface area contributed by atoms with E-state index in [4.69, 9.17) is 24.7 Å². The van der Waals surface area contributed by atoms with E-state index in [0.29, 0.717) is 0 Å². The average molecular weight is 366 g/mol. The Morgan fingerprint density at radius 1 is 1.16 bits per heavy atom. The Bertz CT molecular complexity index is 814. The second kappa shape index (κ2) is 6.89. The number of fused-ring (bicyclic) bond motifs is 2. The van der Waals surface area contributed by atoms with Crippen LogP contribution in [0.5, 0.6) is 0 Å². The summed E-state index contributed by atoms with van der Waals surface area (Å²) < 4.78 is 41.2. The van der Waals surface area contributed by atoms with Gasteiger partial charge in [0.15, 0.2) is 6.29 Å². The Kier molecular flexibility index (Phi) is 4.82. The first-order valence-corrected chi connectivity index (χ1v) is 8.72. The monoisotopic (exact) mass is 366 g/mol. The molecule has 12 heteroatoms. The van der Waals surface area contributed by atoms with Gasteiger partial charge in [-0.25, -0.2) is 0 Å². The molecule has 2 saturated heterocycles. The van der Waals surface area contributed by atoms with Crippen LogP contribution >= 0.6 is 0 Å². The van der Waals surface area contributed by atoms with Crippen LogP contribution in [-0.4, -0.2) is 45.6 Å². The van der Waals surface area contributed by atoms with Crippen molar-refractivity contribution in [2.75, 3.05) is 6.61 Å². The van der Waals surface area contributed by atoms with Gasteiger partial charge in [-0.3, -0.25) is 4.18 Å². The predicted octanol–water partition coefficient (Wildman–Crippen LogP) is 2.18. The minimum Gasteiger partial charge on any atom is -0.349 e. The Labute approximate surface area is 142 Å². The first-order valence-electron chi connectivity index (χ1n) is 7.31. The molecule has 0 N–H and O–H groups in total. The quantitative estimate of drug-likeness (QED) is 0.337. The smallest absolute Gasteiger partial charge is 0.297 e. The normalized spacial score (nSPS) is 31.0. The van der Waals surface area contributed by atoms with Crippen LogP contribution < -0.4 is 0 Å². The molecule has 0 radical (unpaired) electrons. The van der Waals surface area contributed by atoms with Crippen molar-refractivity contribution in [2.24, 2.45) is 10.2 Å². The van der Waals surface area contributed by atoms with Crippen LogP contribution in [0.25, 0.3) is 20.9 Å². The van der Waals surface area contributed by atoms with Crippen LogP contribution in [0.1, 0.15) is 5.56 Å². The molecule has 0 unspecified atom stereocenters. The van der Waals surface area contributed by atoms with Gasteiger partial charge in [0, 0.05) is 9.82 Å². The second-order valence-corrected chi connectivity index (χ2v) is 7.17. The minimum atomic E-state index is -4.18. The summed E-state index contributed by atoms with van der Waals surface area (Å²) in [7, 11) is -4.18. The van der Waals surface area contributed by atoms with E-state index >= 15 is 0 Å². The molecular formula is C13H14N6O5S. The van der Waals surface area contributed by atoms with E-state index in [9.17, 15) is 8.42 Å². The van der Waals surface area contributed by atoms with Crippen LogP contribution in [-0.2, 0) is 23.8 Å². The molecule has 0 spiro atoms. The molecule has 0 aromatic heterocycles. The lowest BCUT2D eigenvalue weighted by atomic mass is 9.98. The SMILES string of the molecule is Cc1ccc(S(=O)(=O)O[C@@H]2[C@@H](N=[N+]=[N-])[C@@H]3OC[C@@H](O3)[C@H]2N=[N+]=[N-])cc1. The van der Waals surface area contributed by atoms with E-state index in [1.54, 1.807) is 12.1 Å². The van der Waals surface area contributed by atoms with E-state index in [-0.39, 0.29) is 11.5 Å². The molecule has 3 rings (SSSR count). The van der Waals surface area contributed by atoms with Crippen LogP contribution in [0.2, 0.25) is 0 Å². The molecule has 2 aliphatic rings. The van der Waals surface area contributed by atoms with Crippen molar-refractivity contribution in [3.05, 3.63) is 50.7 Å². The Balaban J connectivity index is 1.97. The summed E-state index contributed by atoms with van der Waals surface area (Å²) in [6, 6.07) is 3.94. The summed E-state index contributed by atoms with van der Waals surface area (Å²) in [5.41, 5.74) is 18.4. The minimum absolute atomic E-state index is 0.0581. The molecule has 1 aromatic carbocycles. The third kappa shape index (κ3) is 3.40. The molecule has 2 heterocycles. The van der Waals surface area contributed by atoms with Crippen molar-refractivity contribution < 1.29 is 22.1 Å². The lowest BCUT2D eigenvalue weighted by Gasteiger charge is -2.35. The van der Waals surface area contributed by atoms with Crippen molar-refractivity contribution in [2.45, 2.75) is 42.4 Å². The van der Waals surface area contributed by atoms with Crippen LogP contribution in [0, 0.1) is 6.92 Å². The van der Waals surface area contributed by atoms with Crippen molar-refractivity contribution in [3.8, 4) is 0 Å². The molecule has 0 saturated carbocycles. The summed E-state index contributed by atoms with van der Waals surface area (Å²) in [5, 5.41) is 7.10. The maximum atomic E-state index is 12.6. The number of ether oxygens (including phenoxy) is 2. The first kappa shape index (κ1) is 17.5. The molecule has 0 aliphatic carbocycles. The number of hydrogen-bond acceptors (Lipinski definition) is 7. The van der Waals surface area contributed by atoms with Gasteiger partial charge in [0.05, 0.1) is 23.6 Å². The predicted molar refractivity (Wildman–Crippen MR) is 83.7 cm³/mol. The van der Waals surface area contributed by atoms with E-state index in [2.05, 4.69) is 20.1 Å². The maximum Gasteiger partial charge on any atom is 0.297 e. The van der Waals surface area contributed by atoms with E-state index in [0.717, 1.165) is 5.56 Å². The third-order valence-electron chi connectivity index (χ3n) is 3.98. The Morgan fingerprint density at radius 3 is 2.44 bits per heavy atom. The molecule has 132 valence electrons. The summed E-state index contributed by atoms with van der Waals surface area (Å²) in [5.74, 6) is 0. The molecule has 11 nitrogen and oxygen atoms in total. The molecule has 1 aromatic rings. The van der Waals surface area contributed by atoms with Gasteiger partial charge in [-0.2, -0.15) is 8.42 Å². The number of azide groups is 2. The highest BCUT2D eigenvalue weighted by atomic mass is 32.2. The molecule has 5 atom stereocenters. The van der Waals surface area contributed by atoms with E-state index in [1.807, 2.05) is 6.92 Å². The molecule has 0 amide bonds. The van der Waals surface area contributed by atoms with Gasteiger partial charge in [-0.15, -0.1) is 0 Å². The van der Waals surface area contributed by atoms with E-state index in [1.165, 1.54) is 12.1 Å². The first-order chi connectivity index (χ1) is 12.0. The number of benzene rings is 1. The van der Waals surface area contributed by atoms with Gasteiger partial charge in [-0.05, 0) is 30.1 Å². The standard InChI is InChI=1S/C13H14N6O5S/c1-7-2-4-8(5-3-7)25(20,21)24-12-10(16-18-14)9-6-22-13(23-9)11(12)17-19-15/h2-5,9-13H,6H2,1H3/t9-,10-,11-,12+,13-/m1/s1. The van der Waals surface area contributed by atoms with Crippen LogP contribution in [0.4, 0.5) is 0 Å². The molecule has 2 bridgehead atoms. The molecular weight excluding hydrogens is 352 g/mol. The highest BCUT2D eigenvalue weighted by Gasteiger charge is 2.52. The topological polar surface area (TPSA) is 159 Å². The van der Waals surface area contributed by atoms with Gasteiger partial charge in [0.2, 0.25) is 0 Å². The summed E-state index contributed by atoms with van der Waals surface area (Å²) in [6.07, 6.45) is -2.86. The van der Waals surface area contributed by atoms with Crippen molar-refractivity contribution >= 4 is 10.1 Å². The average Bonchev–Trinajstić information content (AvgIpc) is 3.01. The fourth-order valence-corrected chi connectivity index (χ4v) is 3.87. The molecule has 2 fully saturated rings. The van der Waals surface area contributed by atoms with E-state index < -0.39 is 40.7 Å². The Morgan fingerprint density at radius 2 is 1.80 bits per heavy atom. The number of nitrogens with zero attached hydrogens (tertiary/aromatic N) is 6. The van der Waals surface area contributed by atoms with Gasteiger partial charge < -0.3 is 9.47 Å². The van der Waals surface area contributed by atoms with Gasteiger partial charge in [0.25, 0.3) is 10.1 Å². The fourth-order valence-electron chi connectivity index (χ4n) is 2.77. The van der Waals surface area contributed by atoms with Gasteiger partial charge in [0.1, 0.15) is 12.1 Å². The van der Waals surface area contributed by atoms with Crippen molar-refractivity contribution in [1.29, 1.82) is 0 Å². The molecule has 2 aliphatic heterocycles. The third-order valence-corrected chi connectivity index (χ3v) is 5.31. The second-order valence-electron chi connectivity index (χ2n) is 5.60. The highest BCUT2D eigenvalue weighted by molar-refractivity contribution is 7.86. The zero-order valence-corrected chi connectivity index (χ0v) is 13.9. The summed E-state index contributed by atoms with van der Waals surface area (Å²) >= 11 is 0. The number of aryl methyl sites for hydroxylation is 1. The van der Waals surface area contributed by atoms with Crippen LogP contribution in [0.15, 0.2) is 39.4 Å². The largest absolute Gasteiger partial charge is 0.349 e. The zero-order chi connectivity index (χ0) is 18.0. The Hall–Kier alpha value is -2.33. The zero-order valence-electron chi connectivity index (χ0n) is 13.0. The van der Waals surface area contributed by atoms with Gasteiger partial charge in [-0.1, -0.05) is 27.9 Å². The van der Waals surface area contributed by atoms with Crippen molar-refractivity contribution in [3.63, 3.8) is 0 Å². The summed E-state index contributed by atoms with van der Waals surface area (Å²) in [4.78, 5) is 5.35. The number of hydrogen-bond donors (Lipinski definition) is 0. The highest BCUT2D eigenvalue weighted by Crippen LogP contribution is 2.35. The van der Waals surface area contributed by atoms with Crippen molar-refractivity contribution in [1.82, 2.24) is 0 Å². The van der Waals surface area contributed by atoms with Gasteiger partial charge >= 0.3 is 0 Å². The number of rotatable bonds is 5. The maximum absolute atomic E-state index is 12.6. The molecule has 25 heavy (non-hydrogen) atoms. The lowest BCUT2D eigenvalue weighted by Crippen LogP contribution is -2.53. The van der Waals surface area contributed by atoms with Crippen LogP contribution in [0.3, 0.4) is 0 Å². The summed E-state index contributed by atoms with van der Waals surface area (Å²) in [6.45, 7) is 1.90. The lowest BCUT2D eigenvalue weighted by molar-refractivity contribution is -0.131. The fraction of sp³-hybridized carbons (Fsp3) is 0.538.